The van der Waals surface area contributed by atoms with Crippen LogP contribution in [0.5, 0.6) is 5.75 Å². The van der Waals surface area contributed by atoms with Crippen LogP contribution < -0.4 is 4.74 Å². The maximum Gasteiger partial charge on any atom is 0.227 e. The molecule has 1 saturated heterocycles. The molecule has 0 unspecified atom stereocenters. The SMILES string of the molecule is C=CCO[C@H]1CC[C@@H]2[C@@H]1OCCN2C(=O)Cc1ccc(OC)cc1. The summed E-state index contributed by atoms with van der Waals surface area (Å²) in [5, 5.41) is 0. The molecule has 3 atom stereocenters. The second kappa shape index (κ2) is 7.81. The van der Waals surface area contributed by atoms with Crippen LogP contribution in [0.3, 0.4) is 0 Å². The Balaban J connectivity index is 1.63. The van der Waals surface area contributed by atoms with Gasteiger partial charge in [0.05, 0.1) is 38.9 Å². The molecule has 0 spiro atoms. The molecule has 0 radical (unpaired) electrons. The van der Waals surface area contributed by atoms with E-state index in [4.69, 9.17) is 14.2 Å². The van der Waals surface area contributed by atoms with E-state index in [1.165, 1.54) is 0 Å². The van der Waals surface area contributed by atoms with Crippen molar-refractivity contribution in [2.75, 3.05) is 26.9 Å². The molecule has 1 aliphatic carbocycles. The van der Waals surface area contributed by atoms with Crippen molar-refractivity contribution in [3.8, 4) is 5.75 Å². The van der Waals surface area contributed by atoms with Crippen LogP contribution >= 0.6 is 0 Å². The summed E-state index contributed by atoms with van der Waals surface area (Å²) in [4.78, 5) is 14.7. The fourth-order valence-electron chi connectivity index (χ4n) is 3.61. The van der Waals surface area contributed by atoms with E-state index in [-0.39, 0.29) is 24.2 Å². The molecular formula is C19H25NO4. The highest BCUT2D eigenvalue weighted by atomic mass is 16.5. The molecule has 1 saturated carbocycles. The number of hydrogen-bond donors (Lipinski definition) is 0. The first kappa shape index (κ1) is 17.0. The fraction of sp³-hybridized carbons (Fsp3) is 0.526. The molecular weight excluding hydrogens is 306 g/mol. The number of benzene rings is 1. The topological polar surface area (TPSA) is 48.0 Å². The van der Waals surface area contributed by atoms with Crippen molar-refractivity contribution in [2.24, 2.45) is 0 Å². The third-order valence-corrected chi connectivity index (χ3v) is 4.80. The van der Waals surface area contributed by atoms with E-state index in [2.05, 4.69) is 6.58 Å². The van der Waals surface area contributed by atoms with Gasteiger partial charge in [-0.1, -0.05) is 18.2 Å². The molecule has 2 aliphatic rings. The third-order valence-electron chi connectivity index (χ3n) is 4.80. The van der Waals surface area contributed by atoms with Crippen molar-refractivity contribution in [3.05, 3.63) is 42.5 Å². The number of fused-ring (bicyclic) bond motifs is 1. The van der Waals surface area contributed by atoms with E-state index in [1.807, 2.05) is 29.2 Å². The summed E-state index contributed by atoms with van der Waals surface area (Å²) in [5.41, 5.74) is 1.00. The van der Waals surface area contributed by atoms with E-state index in [0.29, 0.717) is 26.2 Å². The Kier molecular flexibility index (Phi) is 5.53. The summed E-state index contributed by atoms with van der Waals surface area (Å²) < 4.78 is 16.9. The lowest BCUT2D eigenvalue weighted by Crippen LogP contribution is -2.54. The monoisotopic (exact) mass is 331 g/mol. The van der Waals surface area contributed by atoms with Crippen molar-refractivity contribution < 1.29 is 19.0 Å². The van der Waals surface area contributed by atoms with Crippen LogP contribution in [0.4, 0.5) is 0 Å². The summed E-state index contributed by atoms with van der Waals surface area (Å²) in [7, 11) is 1.64. The van der Waals surface area contributed by atoms with Gasteiger partial charge in [-0.25, -0.2) is 0 Å². The molecule has 3 rings (SSSR count). The van der Waals surface area contributed by atoms with Crippen LogP contribution in [0.25, 0.3) is 0 Å². The minimum atomic E-state index is -0.0153. The quantitative estimate of drug-likeness (QED) is 0.750. The van der Waals surface area contributed by atoms with Gasteiger partial charge in [0.2, 0.25) is 5.91 Å². The summed E-state index contributed by atoms with van der Waals surface area (Å²) >= 11 is 0. The zero-order valence-electron chi connectivity index (χ0n) is 14.1. The molecule has 5 nitrogen and oxygen atoms in total. The van der Waals surface area contributed by atoms with Crippen molar-refractivity contribution in [2.45, 2.75) is 37.5 Å². The van der Waals surface area contributed by atoms with Crippen molar-refractivity contribution in [1.82, 2.24) is 4.90 Å². The van der Waals surface area contributed by atoms with Crippen LogP contribution in [-0.4, -0.2) is 55.9 Å². The number of amides is 1. The molecule has 0 aromatic heterocycles. The largest absolute Gasteiger partial charge is 0.497 e. The van der Waals surface area contributed by atoms with Gasteiger partial charge in [-0.05, 0) is 30.5 Å². The predicted octanol–water partition coefficient (Wildman–Crippen LogP) is 2.20. The first-order valence-corrected chi connectivity index (χ1v) is 8.49. The normalized spacial score (nSPS) is 26.0. The van der Waals surface area contributed by atoms with Gasteiger partial charge in [0.25, 0.3) is 0 Å². The van der Waals surface area contributed by atoms with Crippen LogP contribution in [0.1, 0.15) is 18.4 Å². The van der Waals surface area contributed by atoms with Gasteiger partial charge >= 0.3 is 0 Å². The van der Waals surface area contributed by atoms with Gasteiger partial charge < -0.3 is 19.1 Å². The number of hydrogen-bond acceptors (Lipinski definition) is 4. The van der Waals surface area contributed by atoms with Gasteiger partial charge in [-0.2, -0.15) is 0 Å². The molecule has 1 aliphatic heterocycles. The highest BCUT2D eigenvalue weighted by Crippen LogP contribution is 2.32. The van der Waals surface area contributed by atoms with Crippen LogP contribution in [0.2, 0.25) is 0 Å². The smallest absolute Gasteiger partial charge is 0.227 e. The van der Waals surface area contributed by atoms with Crippen LogP contribution in [-0.2, 0) is 20.7 Å². The summed E-state index contributed by atoms with van der Waals surface area (Å²) in [6.07, 6.45) is 4.06. The minimum absolute atomic E-state index is 0.0153. The Bertz CT molecular complexity index is 571. The molecule has 5 heteroatoms. The fourth-order valence-corrected chi connectivity index (χ4v) is 3.61. The third kappa shape index (κ3) is 3.62. The molecule has 1 heterocycles. The highest BCUT2D eigenvalue weighted by Gasteiger charge is 2.44. The number of morpholine rings is 1. The lowest BCUT2D eigenvalue weighted by Gasteiger charge is -2.39. The van der Waals surface area contributed by atoms with Crippen LogP contribution in [0.15, 0.2) is 36.9 Å². The molecule has 1 aromatic carbocycles. The van der Waals surface area contributed by atoms with E-state index < -0.39 is 0 Å². The highest BCUT2D eigenvalue weighted by molar-refractivity contribution is 5.79. The Morgan fingerprint density at radius 2 is 2.17 bits per heavy atom. The number of carbonyl (C=O) groups excluding carboxylic acids is 1. The Labute approximate surface area is 143 Å². The van der Waals surface area contributed by atoms with Crippen molar-refractivity contribution >= 4 is 5.91 Å². The van der Waals surface area contributed by atoms with E-state index >= 15 is 0 Å². The van der Waals surface area contributed by atoms with Gasteiger partial charge in [0.15, 0.2) is 0 Å². The number of ether oxygens (including phenoxy) is 3. The Hall–Kier alpha value is -1.85. The minimum Gasteiger partial charge on any atom is -0.497 e. The molecule has 2 fully saturated rings. The van der Waals surface area contributed by atoms with Gasteiger partial charge in [0.1, 0.15) is 11.9 Å². The van der Waals surface area contributed by atoms with Crippen LogP contribution in [0, 0.1) is 0 Å². The molecule has 0 N–H and O–H groups in total. The van der Waals surface area contributed by atoms with Gasteiger partial charge in [0, 0.05) is 6.54 Å². The summed E-state index contributed by atoms with van der Waals surface area (Å²) in [6.45, 7) is 5.44. The molecule has 24 heavy (non-hydrogen) atoms. The summed E-state index contributed by atoms with van der Waals surface area (Å²) in [5.74, 6) is 0.957. The predicted molar refractivity (Wildman–Crippen MR) is 91.1 cm³/mol. The van der Waals surface area contributed by atoms with Gasteiger partial charge in [-0.3, -0.25) is 4.79 Å². The zero-order valence-corrected chi connectivity index (χ0v) is 14.1. The molecule has 1 aromatic rings. The number of methoxy groups -OCH3 is 1. The van der Waals surface area contributed by atoms with Crippen molar-refractivity contribution in [3.63, 3.8) is 0 Å². The number of rotatable bonds is 6. The molecule has 130 valence electrons. The first-order valence-electron chi connectivity index (χ1n) is 8.49. The lowest BCUT2D eigenvalue weighted by atomic mass is 10.1. The lowest BCUT2D eigenvalue weighted by molar-refractivity contribution is -0.150. The average Bonchev–Trinajstić information content (AvgIpc) is 3.03. The summed E-state index contributed by atoms with van der Waals surface area (Å²) in [6, 6.07) is 7.79. The first-order chi connectivity index (χ1) is 11.7. The second-order valence-corrected chi connectivity index (χ2v) is 6.25. The van der Waals surface area contributed by atoms with E-state index in [1.54, 1.807) is 13.2 Å². The Morgan fingerprint density at radius 3 is 2.88 bits per heavy atom. The Morgan fingerprint density at radius 1 is 1.38 bits per heavy atom. The number of nitrogens with zero attached hydrogens (tertiary/aromatic N) is 1. The van der Waals surface area contributed by atoms with Crippen molar-refractivity contribution in [1.29, 1.82) is 0 Å². The van der Waals surface area contributed by atoms with E-state index in [9.17, 15) is 4.79 Å². The maximum atomic E-state index is 12.8. The second-order valence-electron chi connectivity index (χ2n) is 6.25. The standard InChI is InChI=1S/C19H25NO4/c1-3-11-23-17-9-8-16-19(17)24-12-10-20(16)18(21)13-14-4-6-15(22-2)7-5-14/h3-7,16-17,19H,1,8-13H2,2H3/t16-,17+,19+/m1/s1. The van der Waals surface area contributed by atoms with Gasteiger partial charge in [-0.15, -0.1) is 6.58 Å². The average molecular weight is 331 g/mol. The molecule has 0 bridgehead atoms. The number of carbonyl (C=O) groups is 1. The zero-order chi connectivity index (χ0) is 16.9. The maximum absolute atomic E-state index is 12.8. The van der Waals surface area contributed by atoms with E-state index in [0.717, 1.165) is 24.2 Å². The molecule has 1 amide bonds.